The predicted molar refractivity (Wildman–Crippen MR) is 88.6 cm³/mol. The third-order valence-electron chi connectivity index (χ3n) is 4.92. The van der Waals surface area contributed by atoms with E-state index >= 15 is 0 Å². The second-order valence-electron chi connectivity index (χ2n) is 6.28. The normalized spacial score (nSPS) is 18.6. The summed E-state index contributed by atoms with van der Waals surface area (Å²) in [5.74, 6) is 0. The van der Waals surface area contributed by atoms with E-state index in [9.17, 15) is 5.11 Å². The Morgan fingerprint density at radius 1 is 1.19 bits per heavy atom. The predicted octanol–water partition coefficient (Wildman–Crippen LogP) is 3.34. The van der Waals surface area contributed by atoms with Gasteiger partial charge in [-0.15, -0.1) is 0 Å². The number of aryl methyl sites for hydroxylation is 1. The molecule has 1 heterocycles. The molecule has 0 aromatic heterocycles. The van der Waals surface area contributed by atoms with Gasteiger partial charge in [0.2, 0.25) is 0 Å². The molecule has 0 spiro atoms. The van der Waals surface area contributed by atoms with Crippen LogP contribution in [0.5, 0.6) is 0 Å². The van der Waals surface area contributed by atoms with Crippen LogP contribution in [0.25, 0.3) is 5.70 Å². The minimum Gasteiger partial charge on any atom is -0.395 e. The van der Waals surface area contributed by atoms with Crippen molar-refractivity contribution in [2.75, 3.05) is 13.2 Å². The molecular formula is C18H28N2O. The highest BCUT2D eigenvalue weighted by Gasteiger charge is 2.38. The first-order valence-electron chi connectivity index (χ1n) is 7.96. The van der Waals surface area contributed by atoms with Gasteiger partial charge in [0.15, 0.2) is 0 Å². The average molecular weight is 288 g/mol. The van der Waals surface area contributed by atoms with Crippen molar-refractivity contribution >= 4 is 5.70 Å². The molecule has 3 heteroatoms. The second kappa shape index (κ2) is 6.52. The lowest BCUT2D eigenvalue weighted by Crippen LogP contribution is -2.49. The molecule has 2 rings (SSSR count). The highest BCUT2D eigenvalue weighted by molar-refractivity contribution is 5.66. The molecule has 21 heavy (non-hydrogen) atoms. The average Bonchev–Trinajstić information content (AvgIpc) is 2.92. The van der Waals surface area contributed by atoms with Gasteiger partial charge < -0.3 is 15.3 Å². The molecule has 0 fully saturated rings. The summed E-state index contributed by atoms with van der Waals surface area (Å²) in [6.07, 6.45) is 4.63. The van der Waals surface area contributed by atoms with Gasteiger partial charge >= 0.3 is 0 Å². The van der Waals surface area contributed by atoms with Crippen LogP contribution in [0.3, 0.4) is 0 Å². The van der Waals surface area contributed by atoms with Crippen LogP contribution in [-0.4, -0.2) is 29.3 Å². The molecule has 3 nitrogen and oxygen atoms in total. The number of aliphatic hydroxyl groups is 1. The topological polar surface area (TPSA) is 35.5 Å². The summed E-state index contributed by atoms with van der Waals surface area (Å²) in [6.45, 7) is 9.76. The van der Waals surface area contributed by atoms with Crippen molar-refractivity contribution in [3.05, 3.63) is 41.6 Å². The largest absolute Gasteiger partial charge is 0.395 e. The fourth-order valence-electron chi connectivity index (χ4n) is 2.92. The first kappa shape index (κ1) is 15.9. The minimum atomic E-state index is 0.180. The highest BCUT2D eigenvalue weighted by atomic mass is 16.3. The monoisotopic (exact) mass is 288 g/mol. The molecule has 1 aromatic rings. The van der Waals surface area contributed by atoms with E-state index in [4.69, 9.17) is 0 Å². The molecule has 1 aliphatic heterocycles. The van der Waals surface area contributed by atoms with Gasteiger partial charge in [0.25, 0.3) is 0 Å². The van der Waals surface area contributed by atoms with Crippen molar-refractivity contribution < 1.29 is 5.11 Å². The molecule has 0 amide bonds. The third kappa shape index (κ3) is 3.24. The summed E-state index contributed by atoms with van der Waals surface area (Å²) < 4.78 is 0. The third-order valence-corrected chi connectivity index (χ3v) is 4.92. The number of nitrogens with one attached hydrogen (secondary N) is 1. The van der Waals surface area contributed by atoms with E-state index < -0.39 is 0 Å². The smallest absolute Gasteiger partial charge is 0.104 e. The number of nitrogens with zero attached hydrogens (tertiary/aromatic N) is 1. The first-order valence-corrected chi connectivity index (χ1v) is 7.96. The highest BCUT2D eigenvalue weighted by Crippen LogP contribution is 2.36. The second-order valence-corrected chi connectivity index (χ2v) is 6.28. The summed E-state index contributed by atoms with van der Waals surface area (Å²) in [7, 11) is 0. The Kier molecular flexibility index (Phi) is 4.94. The number of rotatable bonds is 6. The molecule has 2 N–H and O–H groups in total. The van der Waals surface area contributed by atoms with Crippen LogP contribution < -0.4 is 5.32 Å². The van der Waals surface area contributed by atoms with Gasteiger partial charge in [-0.2, -0.15) is 0 Å². The van der Waals surface area contributed by atoms with Crippen LogP contribution >= 0.6 is 0 Å². The molecule has 0 radical (unpaired) electrons. The first-order chi connectivity index (χ1) is 10.0. The lowest BCUT2D eigenvalue weighted by molar-refractivity contribution is 0.0886. The maximum atomic E-state index is 9.35. The Balaban J connectivity index is 2.26. The Hall–Kier alpha value is -1.48. The molecule has 1 atom stereocenters. The Bertz CT molecular complexity index is 488. The van der Waals surface area contributed by atoms with Crippen molar-refractivity contribution in [2.24, 2.45) is 5.41 Å². The van der Waals surface area contributed by atoms with E-state index in [1.54, 1.807) is 0 Å². The van der Waals surface area contributed by atoms with Crippen LogP contribution in [0, 0.1) is 12.3 Å². The Morgan fingerprint density at radius 2 is 1.81 bits per heavy atom. The van der Waals surface area contributed by atoms with Gasteiger partial charge in [-0.05, 0) is 25.3 Å². The van der Waals surface area contributed by atoms with Gasteiger partial charge in [-0.25, -0.2) is 0 Å². The zero-order chi connectivity index (χ0) is 15.5. The van der Waals surface area contributed by atoms with E-state index in [2.05, 4.69) is 68.4 Å². The maximum Gasteiger partial charge on any atom is 0.104 e. The van der Waals surface area contributed by atoms with Gasteiger partial charge in [0.1, 0.15) is 6.17 Å². The molecule has 1 unspecified atom stereocenters. The number of hydrogen-bond acceptors (Lipinski definition) is 3. The van der Waals surface area contributed by atoms with Crippen molar-refractivity contribution in [3.8, 4) is 0 Å². The van der Waals surface area contributed by atoms with Crippen LogP contribution in [0.1, 0.15) is 44.7 Å². The molecule has 116 valence electrons. The van der Waals surface area contributed by atoms with Crippen LogP contribution in [0.15, 0.2) is 30.5 Å². The van der Waals surface area contributed by atoms with Gasteiger partial charge in [0, 0.05) is 18.2 Å². The molecule has 0 bridgehead atoms. The van der Waals surface area contributed by atoms with E-state index in [0.29, 0.717) is 6.54 Å². The van der Waals surface area contributed by atoms with Gasteiger partial charge in [-0.1, -0.05) is 50.6 Å². The summed E-state index contributed by atoms with van der Waals surface area (Å²) in [6, 6.07) is 8.59. The summed E-state index contributed by atoms with van der Waals surface area (Å²) in [4.78, 5) is 2.25. The fourth-order valence-corrected chi connectivity index (χ4v) is 2.92. The van der Waals surface area contributed by atoms with Crippen LogP contribution in [-0.2, 0) is 0 Å². The fraction of sp³-hybridized carbons (Fsp3) is 0.556. The van der Waals surface area contributed by atoms with E-state index in [1.807, 2.05) is 0 Å². The lowest BCUT2D eigenvalue weighted by Gasteiger charge is -2.40. The molecule has 0 aliphatic carbocycles. The number of benzene rings is 1. The standard InChI is InChI=1S/C18H28N2O/c1-5-18(4,6-2)17-19-16(13-20(17)11-12-21)15-9-7-14(3)8-10-15/h7-10,13,17,19,21H,5-6,11-12H2,1-4H3. The maximum absolute atomic E-state index is 9.35. The number of β-amino-alcohol motifs (C(OH)–C–C–N with tert-alkyl or cyclic N) is 1. The van der Waals surface area contributed by atoms with E-state index in [0.717, 1.165) is 18.5 Å². The molecule has 1 aliphatic rings. The van der Waals surface area contributed by atoms with Crippen LogP contribution in [0.4, 0.5) is 0 Å². The Morgan fingerprint density at radius 3 is 2.33 bits per heavy atom. The van der Waals surface area contributed by atoms with Gasteiger partial charge in [-0.3, -0.25) is 0 Å². The Labute approximate surface area is 128 Å². The van der Waals surface area contributed by atoms with Crippen molar-refractivity contribution in [3.63, 3.8) is 0 Å². The quantitative estimate of drug-likeness (QED) is 0.842. The van der Waals surface area contributed by atoms with Crippen LogP contribution in [0.2, 0.25) is 0 Å². The van der Waals surface area contributed by atoms with Crippen molar-refractivity contribution in [1.29, 1.82) is 0 Å². The zero-order valence-corrected chi connectivity index (χ0v) is 13.7. The van der Waals surface area contributed by atoms with Crippen molar-refractivity contribution in [2.45, 2.75) is 46.7 Å². The molecule has 0 saturated carbocycles. The summed E-state index contributed by atoms with van der Waals surface area (Å²) >= 11 is 0. The molecular weight excluding hydrogens is 260 g/mol. The zero-order valence-electron chi connectivity index (χ0n) is 13.7. The summed E-state index contributed by atoms with van der Waals surface area (Å²) in [5.41, 5.74) is 3.83. The number of hydrogen-bond donors (Lipinski definition) is 2. The summed E-state index contributed by atoms with van der Waals surface area (Å²) in [5, 5.41) is 13.0. The SMILES string of the molecule is CCC(C)(CC)C1NC(c2ccc(C)cc2)=CN1CCO. The minimum absolute atomic E-state index is 0.180. The van der Waals surface area contributed by atoms with E-state index in [1.165, 1.54) is 11.1 Å². The molecule has 0 saturated heterocycles. The van der Waals surface area contributed by atoms with Gasteiger partial charge in [0.05, 0.1) is 12.3 Å². The molecule has 1 aromatic carbocycles. The number of aliphatic hydroxyl groups excluding tert-OH is 1. The van der Waals surface area contributed by atoms with Crippen molar-refractivity contribution in [1.82, 2.24) is 10.2 Å². The van der Waals surface area contributed by atoms with E-state index in [-0.39, 0.29) is 18.2 Å². The lowest BCUT2D eigenvalue weighted by atomic mass is 9.81.